The Bertz CT molecular complexity index is 736. The van der Waals surface area contributed by atoms with Gasteiger partial charge in [-0.25, -0.2) is 4.99 Å². The van der Waals surface area contributed by atoms with Crippen molar-refractivity contribution in [1.82, 2.24) is 25.7 Å². The van der Waals surface area contributed by atoms with E-state index in [9.17, 15) is 4.79 Å². The van der Waals surface area contributed by atoms with Gasteiger partial charge in [-0.3, -0.25) is 4.79 Å². The zero-order valence-corrected chi connectivity index (χ0v) is 15.7. The lowest BCUT2D eigenvalue weighted by Gasteiger charge is -2.11. The molecule has 8 nitrogen and oxygen atoms in total. The smallest absolute Gasteiger partial charge is 0.253 e. The Balaban J connectivity index is 1.90. The van der Waals surface area contributed by atoms with Gasteiger partial charge in [0.15, 0.2) is 11.8 Å². The summed E-state index contributed by atoms with van der Waals surface area (Å²) in [4.78, 5) is 22.2. The Hall–Kier alpha value is -2.90. The second-order valence-corrected chi connectivity index (χ2v) is 6.00. The van der Waals surface area contributed by atoms with Gasteiger partial charge >= 0.3 is 0 Å². The summed E-state index contributed by atoms with van der Waals surface area (Å²) < 4.78 is 5.09. The van der Waals surface area contributed by atoms with Crippen LogP contribution < -0.4 is 10.6 Å². The number of aryl methyl sites for hydroxylation is 1. The number of hydrogen-bond acceptors (Lipinski definition) is 5. The summed E-state index contributed by atoms with van der Waals surface area (Å²) >= 11 is 0. The molecule has 0 aliphatic carbocycles. The van der Waals surface area contributed by atoms with E-state index in [1.165, 1.54) is 0 Å². The molecule has 0 bridgehead atoms. The van der Waals surface area contributed by atoms with Crippen LogP contribution in [0.3, 0.4) is 0 Å². The highest BCUT2D eigenvalue weighted by Gasteiger charge is 2.07. The van der Waals surface area contributed by atoms with Crippen molar-refractivity contribution in [3.8, 4) is 0 Å². The lowest BCUT2D eigenvalue weighted by Crippen LogP contribution is -2.38. The third-order valence-electron chi connectivity index (χ3n) is 3.57. The SMILES string of the molecule is CCNC(=NCc1ccc(C(=O)N(C)C)cc1)NCCc1nc(C)no1. The minimum Gasteiger partial charge on any atom is -0.357 e. The average molecular weight is 358 g/mol. The van der Waals surface area contributed by atoms with E-state index >= 15 is 0 Å². The lowest BCUT2D eigenvalue weighted by molar-refractivity contribution is 0.0827. The van der Waals surface area contributed by atoms with E-state index in [4.69, 9.17) is 4.52 Å². The van der Waals surface area contributed by atoms with Crippen LogP contribution in [0.2, 0.25) is 0 Å². The molecule has 0 aliphatic rings. The van der Waals surface area contributed by atoms with Crippen LogP contribution in [0.15, 0.2) is 33.8 Å². The minimum atomic E-state index is -0.00804. The zero-order chi connectivity index (χ0) is 18.9. The largest absolute Gasteiger partial charge is 0.357 e. The van der Waals surface area contributed by atoms with E-state index in [1.807, 2.05) is 31.2 Å². The summed E-state index contributed by atoms with van der Waals surface area (Å²) in [7, 11) is 3.48. The molecule has 0 fully saturated rings. The van der Waals surface area contributed by atoms with Crippen molar-refractivity contribution < 1.29 is 9.32 Å². The molecule has 2 aromatic rings. The number of nitrogens with one attached hydrogen (secondary N) is 2. The van der Waals surface area contributed by atoms with Gasteiger partial charge in [-0.2, -0.15) is 4.98 Å². The Kier molecular flexibility index (Phi) is 7.13. The number of hydrogen-bond donors (Lipinski definition) is 2. The molecule has 1 amide bonds. The van der Waals surface area contributed by atoms with E-state index in [1.54, 1.807) is 25.9 Å². The third-order valence-corrected chi connectivity index (χ3v) is 3.57. The standard InChI is InChI=1S/C18H26N6O2/c1-5-19-18(20-11-10-16-22-13(2)23-26-16)21-12-14-6-8-15(9-7-14)17(25)24(3)4/h6-9H,5,10-12H2,1-4H3,(H2,19,20,21). The molecule has 0 saturated carbocycles. The number of carbonyl (C=O) groups is 1. The molecule has 0 unspecified atom stereocenters. The van der Waals surface area contributed by atoms with Gasteiger partial charge in [0.05, 0.1) is 6.54 Å². The van der Waals surface area contributed by atoms with Crippen molar-refractivity contribution in [2.24, 2.45) is 4.99 Å². The van der Waals surface area contributed by atoms with Crippen molar-refractivity contribution in [3.05, 3.63) is 47.1 Å². The molecule has 2 rings (SSSR count). The van der Waals surface area contributed by atoms with Gasteiger partial charge in [0.1, 0.15) is 0 Å². The topological polar surface area (TPSA) is 95.7 Å². The monoisotopic (exact) mass is 358 g/mol. The maximum atomic E-state index is 11.9. The van der Waals surface area contributed by atoms with Gasteiger partial charge in [0.25, 0.3) is 5.91 Å². The van der Waals surface area contributed by atoms with E-state index in [0.717, 1.165) is 18.1 Å². The molecule has 0 atom stereocenters. The first-order valence-corrected chi connectivity index (χ1v) is 8.61. The summed E-state index contributed by atoms with van der Waals surface area (Å²) in [5, 5.41) is 10.2. The molecule has 26 heavy (non-hydrogen) atoms. The van der Waals surface area contributed by atoms with Crippen LogP contribution >= 0.6 is 0 Å². The van der Waals surface area contributed by atoms with Crippen molar-refractivity contribution in [2.45, 2.75) is 26.8 Å². The Labute approximate surface area is 153 Å². The number of nitrogens with zero attached hydrogens (tertiary/aromatic N) is 4. The Morgan fingerprint density at radius 2 is 1.96 bits per heavy atom. The number of guanidine groups is 1. The van der Waals surface area contributed by atoms with E-state index in [-0.39, 0.29) is 5.91 Å². The predicted molar refractivity (Wildman–Crippen MR) is 100 cm³/mol. The fraction of sp³-hybridized carbons (Fsp3) is 0.444. The summed E-state index contributed by atoms with van der Waals surface area (Å²) in [6.45, 7) is 5.74. The molecule has 0 spiro atoms. The van der Waals surface area contributed by atoms with Crippen LogP contribution in [-0.4, -0.2) is 54.1 Å². The number of aromatic nitrogens is 2. The first kappa shape index (κ1) is 19.4. The maximum absolute atomic E-state index is 11.9. The highest BCUT2D eigenvalue weighted by Crippen LogP contribution is 2.07. The number of rotatable bonds is 7. The molecule has 8 heteroatoms. The second kappa shape index (κ2) is 9.55. The highest BCUT2D eigenvalue weighted by molar-refractivity contribution is 5.93. The number of carbonyl (C=O) groups excluding carboxylic acids is 1. The summed E-state index contributed by atoms with van der Waals surface area (Å²) in [5.41, 5.74) is 1.70. The van der Waals surface area contributed by atoms with Crippen LogP contribution in [-0.2, 0) is 13.0 Å². The molecule has 1 aromatic heterocycles. The maximum Gasteiger partial charge on any atom is 0.253 e. The number of benzene rings is 1. The normalized spacial score (nSPS) is 11.3. The fourth-order valence-electron chi connectivity index (χ4n) is 2.25. The van der Waals surface area contributed by atoms with Gasteiger partial charge in [0, 0.05) is 39.2 Å². The van der Waals surface area contributed by atoms with Crippen LogP contribution in [0.5, 0.6) is 0 Å². The summed E-state index contributed by atoms with van der Waals surface area (Å²) in [6.07, 6.45) is 0.632. The van der Waals surface area contributed by atoms with Crippen molar-refractivity contribution in [1.29, 1.82) is 0 Å². The van der Waals surface area contributed by atoms with Crippen LogP contribution in [0, 0.1) is 6.92 Å². The van der Waals surface area contributed by atoms with E-state index in [2.05, 4.69) is 25.8 Å². The van der Waals surface area contributed by atoms with Crippen LogP contribution in [0.1, 0.15) is 34.6 Å². The van der Waals surface area contributed by atoms with Crippen LogP contribution in [0.4, 0.5) is 0 Å². The molecule has 1 heterocycles. The van der Waals surface area contributed by atoms with Gasteiger partial charge in [-0.05, 0) is 31.5 Å². The van der Waals surface area contributed by atoms with Gasteiger partial charge in [0.2, 0.25) is 5.89 Å². The third kappa shape index (κ3) is 5.87. The van der Waals surface area contributed by atoms with Crippen molar-refractivity contribution in [2.75, 3.05) is 27.2 Å². The van der Waals surface area contributed by atoms with Crippen molar-refractivity contribution in [3.63, 3.8) is 0 Å². The summed E-state index contributed by atoms with van der Waals surface area (Å²) in [6, 6.07) is 7.49. The Morgan fingerprint density at radius 1 is 1.23 bits per heavy atom. The van der Waals surface area contributed by atoms with Gasteiger partial charge < -0.3 is 20.1 Å². The quantitative estimate of drug-likeness (QED) is 0.573. The lowest BCUT2D eigenvalue weighted by atomic mass is 10.1. The highest BCUT2D eigenvalue weighted by atomic mass is 16.5. The molecular weight excluding hydrogens is 332 g/mol. The van der Waals surface area contributed by atoms with Gasteiger partial charge in [-0.1, -0.05) is 17.3 Å². The molecule has 0 saturated heterocycles. The van der Waals surface area contributed by atoms with E-state index in [0.29, 0.717) is 36.8 Å². The average Bonchev–Trinajstić information content (AvgIpc) is 3.04. The first-order chi connectivity index (χ1) is 12.5. The molecule has 0 aliphatic heterocycles. The minimum absolute atomic E-state index is 0.00804. The van der Waals surface area contributed by atoms with Crippen molar-refractivity contribution >= 4 is 11.9 Å². The molecule has 0 radical (unpaired) electrons. The Morgan fingerprint density at radius 3 is 2.54 bits per heavy atom. The van der Waals surface area contributed by atoms with E-state index < -0.39 is 0 Å². The number of aliphatic imine (C=N–C) groups is 1. The van der Waals surface area contributed by atoms with Gasteiger partial charge in [-0.15, -0.1) is 0 Å². The summed E-state index contributed by atoms with van der Waals surface area (Å²) in [5.74, 6) is 1.95. The molecule has 140 valence electrons. The fourth-order valence-corrected chi connectivity index (χ4v) is 2.25. The molecular formula is C18H26N6O2. The first-order valence-electron chi connectivity index (χ1n) is 8.61. The molecule has 1 aromatic carbocycles. The van der Waals surface area contributed by atoms with Crippen LogP contribution in [0.25, 0.3) is 0 Å². The second-order valence-electron chi connectivity index (χ2n) is 6.00. The predicted octanol–water partition coefficient (Wildman–Crippen LogP) is 1.38. The molecule has 2 N–H and O–H groups in total. The zero-order valence-electron chi connectivity index (χ0n) is 15.7. The number of amides is 1.